The molecular weight excluding hydrogens is 158 g/mol. The van der Waals surface area contributed by atoms with Crippen LogP contribution in [-0.4, -0.2) is 7.05 Å². The zero-order valence-corrected chi connectivity index (χ0v) is 8.33. The number of nitrogens with one attached hydrogen (secondary N) is 1. The first-order chi connectivity index (χ1) is 6.33. The number of benzene rings is 1. The van der Waals surface area contributed by atoms with Crippen LogP contribution in [0.1, 0.15) is 24.9 Å². The van der Waals surface area contributed by atoms with Gasteiger partial charge < -0.3 is 5.32 Å². The molecule has 1 aromatic rings. The van der Waals surface area contributed by atoms with Gasteiger partial charge in [-0.3, -0.25) is 0 Å². The summed E-state index contributed by atoms with van der Waals surface area (Å²) in [6.45, 7) is 2.33. The summed E-state index contributed by atoms with van der Waals surface area (Å²) in [5.74, 6) is 1.75. The van der Waals surface area contributed by atoms with Crippen molar-refractivity contribution in [3.8, 4) is 0 Å². The molecule has 0 bridgehead atoms. The van der Waals surface area contributed by atoms with E-state index in [1.807, 2.05) is 0 Å². The molecule has 1 N–H and O–H groups in total. The van der Waals surface area contributed by atoms with E-state index in [9.17, 15) is 0 Å². The Kier molecular flexibility index (Phi) is 2.36. The molecular formula is C12H17N. The third-order valence-corrected chi connectivity index (χ3v) is 3.07. The summed E-state index contributed by atoms with van der Waals surface area (Å²) in [4.78, 5) is 0. The van der Waals surface area contributed by atoms with Gasteiger partial charge in [0.1, 0.15) is 0 Å². The van der Waals surface area contributed by atoms with Crippen molar-refractivity contribution in [3.05, 3.63) is 35.9 Å². The molecule has 0 aromatic heterocycles. The minimum absolute atomic E-state index is 0.566. The van der Waals surface area contributed by atoms with E-state index in [-0.39, 0.29) is 0 Å². The molecule has 0 saturated heterocycles. The van der Waals surface area contributed by atoms with E-state index in [4.69, 9.17) is 0 Å². The summed E-state index contributed by atoms with van der Waals surface area (Å²) in [7, 11) is 2.06. The van der Waals surface area contributed by atoms with Gasteiger partial charge in [0.25, 0.3) is 0 Å². The summed E-state index contributed by atoms with van der Waals surface area (Å²) in [5.41, 5.74) is 1.43. The SMILES string of the molecule is CNC(c1ccccc1)C1CC1C. The third-order valence-electron chi connectivity index (χ3n) is 3.07. The largest absolute Gasteiger partial charge is 0.313 e. The molecule has 1 saturated carbocycles. The first-order valence-corrected chi connectivity index (χ1v) is 5.05. The van der Waals surface area contributed by atoms with E-state index in [0.717, 1.165) is 11.8 Å². The highest BCUT2D eigenvalue weighted by Gasteiger charge is 2.39. The second kappa shape index (κ2) is 3.51. The van der Waals surface area contributed by atoms with Crippen LogP contribution in [0.25, 0.3) is 0 Å². The zero-order chi connectivity index (χ0) is 9.26. The van der Waals surface area contributed by atoms with Crippen LogP contribution in [0.2, 0.25) is 0 Å². The highest BCUT2D eigenvalue weighted by molar-refractivity contribution is 5.21. The van der Waals surface area contributed by atoms with Gasteiger partial charge in [-0.15, -0.1) is 0 Å². The molecule has 2 rings (SSSR count). The molecule has 0 aliphatic heterocycles. The molecule has 1 nitrogen and oxygen atoms in total. The summed E-state index contributed by atoms with van der Waals surface area (Å²) < 4.78 is 0. The summed E-state index contributed by atoms with van der Waals surface area (Å²) in [6.07, 6.45) is 1.38. The van der Waals surface area contributed by atoms with E-state index in [1.165, 1.54) is 12.0 Å². The van der Waals surface area contributed by atoms with Crippen LogP contribution >= 0.6 is 0 Å². The topological polar surface area (TPSA) is 12.0 Å². The van der Waals surface area contributed by atoms with Crippen LogP contribution in [0.3, 0.4) is 0 Å². The predicted octanol–water partition coefficient (Wildman–Crippen LogP) is 2.60. The Balaban J connectivity index is 2.13. The Morgan fingerprint density at radius 1 is 1.31 bits per heavy atom. The minimum Gasteiger partial charge on any atom is -0.313 e. The lowest BCUT2D eigenvalue weighted by molar-refractivity contribution is 0.504. The quantitative estimate of drug-likeness (QED) is 0.744. The average Bonchev–Trinajstić information content (AvgIpc) is 2.86. The van der Waals surface area contributed by atoms with Crippen LogP contribution in [-0.2, 0) is 0 Å². The van der Waals surface area contributed by atoms with Crippen molar-refractivity contribution in [1.29, 1.82) is 0 Å². The van der Waals surface area contributed by atoms with Gasteiger partial charge in [-0.2, -0.15) is 0 Å². The summed E-state index contributed by atoms with van der Waals surface area (Å²) >= 11 is 0. The Bertz CT molecular complexity index is 268. The Morgan fingerprint density at radius 2 is 1.92 bits per heavy atom. The van der Waals surface area contributed by atoms with E-state index < -0.39 is 0 Å². The van der Waals surface area contributed by atoms with E-state index in [0.29, 0.717) is 6.04 Å². The molecule has 3 unspecified atom stereocenters. The smallest absolute Gasteiger partial charge is 0.0348 e. The second-order valence-corrected chi connectivity index (χ2v) is 4.05. The fourth-order valence-corrected chi connectivity index (χ4v) is 2.10. The second-order valence-electron chi connectivity index (χ2n) is 4.05. The molecule has 0 radical (unpaired) electrons. The van der Waals surface area contributed by atoms with Gasteiger partial charge in [-0.25, -0.2) is 0 Å². The monoisotopic (exact) mass is 175 g/mol. The first-order valence-electron chi connectivity index (χ1n) is 5.05. The number of rotatable bonds is 3. The molecule has 1 fully saturated rings. The van der Waals surface area contributed by atoms with Crippen LogP contribution in [0.15, 0.2) is 30.3 Å². The highest BCUT2D eigenvalue weighted by Crippen LogP contribution is 2.46. The Morgan fingerprint density at radius 3 is 2.38 bits per heavy atom. The normalized spacial score (nSPS) is 28.5. The average molecular weight is 175 g/mol. The third kappa shape index (κ3) is 1.75. The zero-order valence-electron chi connectivity index (χ0n) is 8.33. The summed E-state index contributed by atoms with van der Waals surface area (Å²) in [5, 5.41) is 3.41. The Hall–Kier alpha value is -0.820. The number of hydrogen-bond acceptors (Lipinski definition) is 1. The van der Waals surface area contributed by atoms with Crippen molar-refractivity contribution in [1.82, 2.24) is 5.32 Å². The Labute approximate surface area is 80.2 Å². The minimum atomic E-state index is 0.566. The van der Waals surface area contributed by atoms with Gasteiger partial charge in [0.2, 0.25) is 0 Å². The fourth-order valence-electron chi connectivity index (χ4n) is 2.10. The van der Waals surface area contributed by atoms with Gasteiger partial charge in [0, 0.05) is 6.04 Å². The van der Waals surface area contributed by atoms with Crippen molar-refractivity contribution in [2.24, 2.45) is 11.8 Å². The molecule has 0 amide bonds. The van der Waals surface area contributed by atoms with Crippen molar-refractivity contribution in [3.63, 3.8) is 0 Å². The lowest BCUT2D eigenvalue weighted by Crippen LogP contribution is -2.18. The predicted molar refractivity (Wildman–Crippen MR) is 55.5 cm³/mol. The lowest BCUT2D eigenvalue weighted by Gasteiger charge is -2.15. The van der Waals surface area contributed by atoms with Crippen molar-refractivity contribution >= 4 is 0 Å². The van der Waals surface area contributed by atoms with Crippen molar-refractivity contribution in [2.45, 2.75) is 19.4 Å². The highest BCUT2D eigenvalue weighted by atomic mass is 14.9. The fraction of sp³-hybridized carbons (Fsp3) is 0.500. The van der Waals surface area contributed by atoms with Crippen LogP contribution in [0.5, 0.6) is 0 Å². The van der Waals surface area contributed by atoms with E-state index in [2.05, 4.69) is 49.6 Å². The van der Waals surface area contributed by atoms with Gasteiger partial charge >= 0.3 is 0 Å². The molecule has 3 atom stereocenters. The maximum absolute atomic E-state index is 3.41. The molecule has 0 spiro atoms. The first kappa shape index (κ1) is 8.76. The van der Waals surface area contributed by atoms with E-state index >= 15 is 0 Å². The molecule has 1 aromatic carbocycles. The molecule has 1 heteroatoms. The molecule has 0 heterocycles. The maximum atomic E-state index is 3.41. The van der Waals surface area contributed by atoms with Gasteiger partial charge in [-0.1, -0.05) is 37.3 Å². The van der Waals surface area contributed by atoms with E-state index in [1.54, 1.807) is 0 Å². The number of hydrogen-bond donors (Lipinski definition) is 1. The molecule has 1 aliphatic carbocycles. The van der Waals surface area contributed by atoms with Crippen LogP contribution < -0.4 is 5.32 Å². The van der Waals surface area contributed by atoms with Crippen molar-refractivity contribution in [2.75, 3.05) is 7.05 Å². The van der Waals surface area contributed by atoms with Gasteiger partial charge in [0.15, 0.2) is 0 Å². The van der Waals surface area contributed by atoms with Gasteiger partial charge in [0.05, 0.1) is 0 Å². The lowest BCUT2D eigenvalue weighted by atomic mass is 10.0. The standard InChI is InChI=1S/C12H17N/c1-9-8-11(9)12(13-2)10-6-4-3-5-7-10/h3-7,9,11-13H,8H2,1-2H3. The van der Waals surface area contributed by atoms with Crippen LogP contribution in [0, 0.1) is 11.8 Å². The summed E-state index contributed by atoms with van der Waals surface area (Å²) in [6, 6.07) is 11.3. The van der Waals surface area contributed by atoms with Gasteiger partial charge in [-0.05, 0) is 30.9 Å². The van der Waals surface area contributed by atoms with Crippen LogP contribution in [0.4, 0.5) is 0 Å². The molecule has 70 valence electrons. The molecule has 13 heavy (non-hydrogen) atoms. The molecule has 1 aliphatic rings. The van der Waals surface area contributed by atoms with Crippen molar-refractivity contribution < 1.29 is 0 Å². The maximum Gasteiger partial charge on any atom is 0.0348 e.